The molecule has 0 radical (unpaired) electrons. The van der Waals surface area contributed by atoms with Crippen molar-refractivity contribution in [3.63, 3.8) is 0 Å². The number of H-pyrrole nitrogens is 1. The number of phenolic OH excluding ortho intramolecular Hbond substituents is 1. The third kappa shape index (κ3) is 3.99. The summed E-state index contributed by atoms with van der Waals surface area (Å²) in [5, 5.41) is 20.3. The fourth-order valence-corrected chi connectivity index (χ4v) is 1.79. The number of nitrogens with zero attached hydrogens (tertiary/aromatic N) is 3. The Labute approximate surface area is 118 Å². The molecule has 0 saturated carbocycles. The number of aromatic amines is 1. The molecule has 0 aliphatic carbocycles. The topological polar surface area (TPSA) is 129 Å². The molecule has 0 saturated heterocycles. The van der Waals surface area contributed by atoms with Crippen LogP contribution in [0.15, 0.2) is 34.5 Å². The number of phenols is 1. The van der Waals surface area contributed by atoms with E-state index in [1.807, 2.05) is 0 Å². The Morgan fingerprint density at radius 2 is 2.35 bits per heavy atom. The molecule has 0 aliphatic heterocycles. The lowest BCUT2D eigenvalue weighted by Crippen LogP contribution is -2.13. The third-order valence-corrected chi connectivity index (χ3v) is 2.99. The van der Waals surface area contributed by atoms with Crippen LogP contribution in [0.2, 0.25) is 0 Å². The number of carbonyl (C=O) groups excluding carboxylic acids is 1. The Balaban J connectivity index is 1.91. The van der Waals surface area contributed by atoms with Gasteiger partial charge in [0.25, 0.3) is 0 Å². The summed E-state index contributed by atoms with van der Waals surface area (Å²) < 4.78 is 0. The molecule has 8 nitrogen and oxygen atoms in total. The number of benzene rings is 1. The fourth-order valence-electron chi connectivity index (χ4n) is 1.26. The number of aromatic hydroxyl groups is 1. The van der Waals surface area contributed by atoms with E-state index >= 15 is 0 Å². The average Bonchev–Trinajstić information content (AvgIpc) is 2.87. The molecule has 0 bridgehead atoms. The predicted octanol–water partition coefficient (Wildman–Crippen LogP) is 0.534. The highest BCUT2D eigenvalue weighted by Gasteiger charge is 2.04. The van der Waals surface area contributed by atoms with Crippen molar-refractivity contribution < 1.29 is 9.90 Å². The number of primary amides is 1. The number of hydrazone groups is 1. The maximum atomic E-state index is 10.6. The summed E-state index contributed by atoms with van der Waals surface area (Å²) in [5.41, 5.74) is 8.22. The van der Waals surface area contributed by atoms with Gasteiger partial charge in [0, 0.05) is 5.56 Å². The second kappa shape index (κ2) is 6.57. The molecule has 0 aliphatic rings. The van der Waals surface area contributed by atoms with E-state index < -0.39 is 5.91 Å². The first-order valence-corrected chi connectivity index (χ1v) is 6.54. The molecular formula is C11H12N6O2S. The van der Waals surface area contributed by atoms with Crippen molar-refractivity contribution in [3.05, 3.63) is 29.8 Å². The number of aromatic nitrogens is 3. The average molecular weight is 292 g/mol. The summed E-state index contributed by atoms with van der Waals surface area (Å²) in [4.78, 5) is 14.7. The predicted molar refractivity (Wildman–Crippen MR) is 75.6 cm³/mol. The number of thioether (sulfide) groups is 1. The summed E-state index contributed by atoms with van der Waals surface area (Å²) >= 11 is 1.12. The Morgan fingerprint density at radius 3 is 3.10 bits per heavy atom. The minimum Gasteiger partial charge on any atom is -0.507 e. The summed E-state index contributed by atoms with van der Waals surface area (Å²) in [6.45, 7) is 0. The zero-order valence-corrected chi connectivity index (χ0v) is 11.1. The van der Waals surface area contributed by atoms with E-state index in [0.29, 0.717) is 16.7 Å². The van der Waals surface area contributed by atoms with Crippen molar-refractivity contribution >= 4 is 29.8 Å². The smallest absolute Gasteiger partial charge is 0.240 e. The molecule has 1 heterocycles. The molecule has 0 fully saturated rings. The largest absolute Gasteiger partial charge is 0.507 e. The number of hydrogen-bond acceptors (Lipinski definition) is 7. The third-order valence-electron chi connectivity index (χ3n) is 2.12. The van der Waals surface area contributed by atoms with Crippen molar-refractivity contribution in [1.82, 2.24) is 15.2 Å². The number of carbonyl (C=O) groups is 1. The molecular weight excluding hydrogens is 280 g/mol. The zero-order chi connectivity index (χ0) is 14.4. The number of para-hydroxylation sites is 1. The molecule has 20 heavy (non-hydrogen) atoms. The van der Waals surface area contributed by atoms with Gasteiger partial charge in [0.2, 0.25) is 17.0 Å². The lowest BCUT2D eigenvalue weighted by molar-refractivity contribution is -0.115. The normalized spacial score (nSPS) is 10.8. The molecule has 0 atom stereocenters. The highest BCUT2D eigenvalue weighted by Crippen LogP contribution is 2.14. The van der Waals surface area contributed by atoms with Crippen LogP contribution in [0, 0.1) is 0 Å². The monoisotopic (exact) mass is 292 g/mol. The second-order valence-corrected chi connectivity index (χ2v) is 4.59. The van der Waals surface area contributed by atoms with Crippen LogP contribution in [0.25, 0.3) is 0 Å². The Hall–Kier alpha value is -2.55. The highest BCUT2D eigenvalue weighted by molar-refractivity contribution is 7.99. The van der Waals surface area contributed by atoms with E-state index in [0.717, 1.165) is 11.8 Å². The first kappa shape index (κ1) is 13.9. The van der Waals surface area contributed by atoms with E-state index in [1.165, 1.54) is 6.21 Å². The highest BCUT2D eigenvalue weighted by atomic mass is 32.2. The van der Waals surface area contributed by atoms with Crippen LogP contribution in [0.3, 0.4) is 0 Å². The number of hydrogen-bond donors (Lipinski definition) is 4. The van der Waals surface area contributed by atoms with E-state index in [4.69, 9.17) is 5.73 Å². The van der Waals surface area contributed by atoms with Crippen molar-refractivity contribution in [2.24, 2.45) is 10.8 Å². The molecule has 9 heteroatoms. The van der Waals surface area contributed by atoms with Crippen molar-refractivity contribution in [3.8, 4) is 5.75 Å². The summed E-state index contributed by atoms with van der Waals surface area (Å²) in [5.74, 6) is 0.127. The maximum absolute atomic E-state index is 10.6. The van der Waals surface area contributed by atoms with Gasteiger partial charge in [0.1, 0.15) is 5.75 Å². The summed E-state index contributed by atoms with van der Waals surface area (Å²) in [6, 6.07) is 6.79. The minimum atomic E-state index is -0.438. The van der Waals surface area contributed by atoms with Crippen molar-refractivity contribution in [1.29, 1.82) is 0 Å². The first-order valence-electron chi connectivity index (χ1n) is 5.56. The van der Waals surface area contributed by atoms with E-state index in [9.17, 15) is 9.90 Å². The summed E-state index contributed by atoms with van der Waals surface area (Å²) in [7, 11) is 0. The van der Waals surface area contributed by atoms with Crippen LogP contribution < -0.4 is 11.2 Å². The van der Waals surface area contributed by atoms with Gasteiger partial charge in [0.05, 0.1) is 12.0 Å². The van der Waals surface area contributed by atoms with Crippen LogP contribution in [0.4, 0.5) is 5.95 Å². The number of nitrogens with one attached hydrogen (secondary N) is 2. The van der Waals surface area contributed by atoms with Gasteiger partial charge in [-0.25, -0.2) is 10.5 Å². The van der Waals surface area contributed by atoms with Crippen molar-refractivity contribution in [2.45, 2.75) is 5.16 Å². The lowest BCUT2D eigenvalue weighted by atomic mass is 10.2. The van der Waals surface area contributed by atoms with Gasteiger partial charge in [-0.3, -0.25) is 4.79 Å². The van der Waals surface area contributed by atoms with Crippen LogP contribution >= 0.6 is 11.8 Å². The maximum Gasteiger partial charge on any atom is 0.240 e. The number of nitrogens with two attached hydrogens (primary N) is 1. The molecule has 104 valence electrons. The zero-order valence-electron chi connectivity index (χ0n) is 10.3. The van der Waals surface area contributed by atoms with Gasteiger partial charge in [-0.15, -0.1) is 5.10 Å². The van der Waals surface area contributed by atoms with Crippen LogP contribution in [0.1, 0.15) is 5.56 Å². The van der Waals surface area contributed by atoms with E-state index in [1.54, 1.807) is 24.3 Å². The molecule has 0 spiro atoms. The quantitative estimate of drug-likeness (QED) is 0.349. The van der Waals surface area contributed by atoms with Gasteiger partial charge in [-0.1, -0.05) is 23.9 Å². The molecule has 2 rings (SSSR count). The van der Waals surface area contributed by atoms with E-state index in [2.05, 4.69) is 25.7 Å². The van der Waals surface area contributed by atoms with Gasteiger partial charge in [-0.05, 0) is 12.1 Å². The number of amides is 1. The summed E-state index contributed by atoms with van der Waals surface area (Å²) in [6.07, 6.45) is 1.45. The number of anilines is 1. The van der Waals surface area contributed by atoms with Gasteiger partial charge in [0.15, 0.2) is 0 Å². The van der Waals surface area contributed by atoms with Gasteiger partial charge < -0.3 is 10.8 Å². The molecule has 1 aromatic carbocycles. The SMILES string of the molecule is NC(=O)CSc1n[nH]c(N/N=C/c2ccccc2O)n1. The van der Waals surface area contributed by atoms with Crippen LogP contribution in [-0.4, -0.2) is 38.2 Å². The Kier molecular flexibility index (Phi) is 4.56. The molecule has 0 unspecified atom stereocenters. The van der Waals surface area contributed by atoms with Gasteiger partial charge in [-0.2, -0.15) is 10.1 Å². The molecule has 2 aromatic rings. The van der Waals surface area contributed by atoms with Crippen molar-refractivity contribution in [2.75, 3.05) is 11.2 Å². The standard InChI is InChI=1S/C11H12N6O2S/c12-9(19)6-20-11-14-10(16-17-11)15-13-5-7-3-1-2-4-8(7)18/h1-5,18H,6H2,(H2,12,19)(H2,14,15,16,17)/b13-5+. The lowest BCUT2D eigenvalue weighted by Gasteiger charge is -1.96. The molecule has 1 aromatic heterocycles. The second-order valence-electron chi connectivity index (χ2n) is 3.65. The number of rotatable bonds is 6. The van der Waals surface area contributed by atoms with E-state index in [-0.39, 0.29) is 11.5 Å². The first-order chi connectivity index (χ1) is 9.65. The Morgan fingerprint density at radius 1 is 1.55 bits per heavy atom. The molecule has 1 amide bonds. The fraction of sp³-hybridized carbons (Fsp3) is 0.0909. The van der Waals surface area contributed by atoms with Gasteiger partial charge >= 0.3 is 0 Å². The van der Waals surface area contributed by atoms with Crippen LogP contribution in [-0.2, 0) is 4.79 Å². The Bertz CT molecular complexity index is 627. The van der Waals surface area contributed by atoms with Crippen LogP contribution in [0.5, 0.6) is 5.75 Å². The minimum absolute atomic E-state index is 0.110. The molecule has 5 N–H and O–H groups in total.